The Morgan fingerprint density at radius 1 is 0.923 bits per heavy atom. The molecule has 7 nitrogen and oxygen atoms in total. The van der Waals surface area contributed by atoms with E-state index in [-0.39, 0.29) is 11.7 Å². The van der Waals surface area contributed by atoms with E-state index in [1.807, 2.05) is 91.0 Å². The van der Waals surface area contributed by atoms with E-state index >= 15 is 0 Å². The van der Waals surface area contributed by atoms with Crippen LogP contribution < -0.4 is 14.9 Å². The number of para-hydroxylation sites is 2. The van der Waals surface area contributed by atoms with E-state index < -0.39 is 0 Å². The molecule has 0 saturated heterocycles. The number of thioether (sulfide) groups is 1. The molecule has 0 fully saturated rings. The van der Waals surface area contributed by atoms with Crippen LogP contribution in [0, 0.1) is 0 Å². The predicted molar refractivity (Wildman–Crippen MR) is 156 cm³/mol. The van der Waals surface area contributed by atoms with Gasteiger partial charge in [0.05, 0.1) is 36.7 Å². The van der Waals surface area contributed by atoms with E-state index in [0.29, 0.717) is 24.7 Å². The van der Waals surface area contributed by atoms with Crippen LogP contribution in [-0.2, 0) is 17.9 Å². The maximum absolute atomic E-state index is 12.6. The Morgan fingerprint density at radius 2 is 1.64 bits per heavy atom. The van der Waals surface area contributed by atoms with E-state index in [0.717, 1.165) is 27.3 Å². The largest absolute Gasteiger partial charge is 0.493 e. The molecule has 0 atom stereocenters. The number of ether oxygens (including phenoxy) is 2. The van der Waals surface area contributed by atoms with Crippen molar-refractivity contribution in [2.24, 2.45) is 5.10 Å². The highest BCUT2D eigenvalue weighted by atomic mass is 32.2. The lowest BCUT2D eigenvalue weighted by molar-refractivity contribution is -0.118. The summed E-state index contributed by atoms with van der Waals surface area (Å²) in [5.74, 6) is 1.19. The van der Waals surface area contributed by atoms with Crippen LogP contribution in [0.1, 0.15) is 16.7 Å². The summed E-state index contributed by atoms with van der Waals surface area (Å²) in [5.41, 5.74) is 7.55. The van der Waals surface area contributed by atoms with Gasteiger partial charge in [-0.15, -0.1) is 0 Å². The lowest BCUT2D eigenvalue weighted by Crippen LogP contribution is -2.20. The first-order chi connectivity index (χ1) is 19.2. The number of hydrogen-bond donors (Lipinski definition) is 1. The van der Waals surface area contributed by atoms with E-state index in [9.17, 15) is 4.79 Å². The Balaban J connectivity index is 1.21. The SMILES string of the molecule is COc1ccc(/C=N\NC(=O)CSc2nc3ccccc3n2Cc2ccccc2)cc1OCc1ccccc1. The molecule has 0 aliphatic rings. The van der Waals surface area contributed by atoms with Gasteiger partial charge in [-0.05, 0) is 47.0 Å². The van der Waals surface area contributed by atoms with Gasteiger partial charge in [0.15, 0.2) is 16.7 Å². The fraction of sp³-hybridized carbons (Fsp3) is 0.129. The highest BCUT2D eigenvalue weighted by Gasteiger charge is 2.13. The number of amides is 1. The quantitative estimate of drug-likeness (QED) is 0.129. The van der Waals surface area contributed by atoms with Crippen molar-refractivity contribution in [3.63, 3.8) is 0 Å². The van der Waals surface area contributed by atoms with Crippen LogP contribution in [0.5, 0.6) is 11.5 Å². The van der Waals surface area contributed by atoms with Crippen molar-refractivity contribution in [1.82, 2.24) is 15.0 Å². The Morgan fingerprint density at radius 3 is 2.41 bits per heavy atom. The van der Waals surface area contributed by atoms with Crippen molar-refractivity contribution in [2.75, 3.05) is 12.9 Å². The van der Waals surface area contributed by atoms with E-state index in [4.69, 9.17) is 14.5 Å². The number of methoxy groups -OCH3 is 1. The molecule has 1 amide bonds. The highest BCUT2D eigenvalue weighted by Crippen LogP contribution is 2.28. The maximum atomic E-state index is 12.6. The number of carbonyl (C=O) groups is 1. The van der Waals surface area contributed by atoms with Gasteiger partial charge in [0.1, 0.15) is 6.61 Å². The molecule has 0 aliphatic carbocycles. The van der Waals surface area contributed by atoms with E-state index in [1.54, 1.807) is 13.3 Å². The smallest absolute Gasteiger partial charge is 0.250 e. The summed E-state index contributed by atoms with van der Waals surface area (Å²) in [4.78, 5) is 17.3. The van der Waals surface area contributed by atoms with Gasteiger partial charge in [-0.2, -0.15) is 5.10 Å². The van der Waals surface area contributed by atoms with Gasteiger partial charge in [0, 0.05) is 0 Å². The number of hydrogen-bond acceptors (Lipinski definition) is 6. The average Bonchev–Trinajstić information content (AvgIpc) is 3.33. The van der Waals surface area contributed by atoms with Gasteiger partial charge < -0.3 is 14.0 Å². The minimum Gasteiger partial charge on any atom is -0.493 e. The number of rotatable bonds is 11. The van der Waals surface area contributed by atoms with Crippen LogP contribution in [-0.4, -0.2) is 34.5 Å². The Bertz CT molecular complexity index is 1570. The number of nitrogens with zero attached hydrogens (tertiary/aromatic N) is 3. The molecule has 5 aromatic rings. The summed E-state index contributed by atoms with van der Waals surface area (Å²) < 4.78 is 13.5. The molecule has 8 heteroatoms. The molecule has 0 spiro atoms. The fourth-order valence-corrected chi connectivity index (χ4v) is 4.85. The summed E-state index contributed by atoms with van der Waals surface area (Å²) >= 11 is 1.39. The second kappa shape index (κ2) is 12.8. The van der Waals surface area contributed by atoms with Gasteiger partial charge in [-0.25, -0.2) is 10.4 Å². The zero-order valence-electron chi connectivity index (χ0n) is 21.5. The van der Waals surface area contributed by atoms with Gasteiger partial charge in [-0.1, -0.05) is 84.6 Å². The van der Waals surface area contributed by atoms with Crippen molar-refractivity contribution >= 4 is 34.9 Å². The van der Waals surface area contributed by atoms with Gasteiger partial charge in [0.2, 0.25) is 0 Å². The molecule has 196 valence electrons. The first kappa shape index (κ1) is 26.1. The second-order valence-electron chi connectivity index (χ2n) is 8.72. The highest BCUT2D eigenvalue weighted by molar-refractivity contribution is 7.99. The molecule has 1 aromatic heterocycles. The molecule has 39 heavy (non-hydrogen) atoms. The second-order valence-corrected chi connectivity index (χ2v) is 9.66. The number of aromatic nitrogens is 2. The average molecular weight is 537 g/mol. The number of hydrazone groups is 1. The minimum absolute atomic E-state index is 0.184. The molecule has 4 aromatic carbocycles. The molecule has 1 heterocycles. The number of carbonyl (C=O) groups excluding carboxylic acids is 1. The van der Waals surface area contributed by atoms with E-state index in [1.165, 1.54) is 17.3 Å². The Labute approximate surface area is 231 Å². The van der Waals surface area contributed by atoms with Crippen LogP contribution in [0.4, 0.5) is 0 Å². The maximum Gasteiger partial charge on any atom is 0.250 e. The zero-order valence-corrected chi connectivity index (χ0v) is 22.3. The van der Waals surface area contributed by atoms with Crippen molar-refractivity contribution < 1.29 is 14.3 Å². The number of benzene rings is 4. The van der Waals surface area contributed by atoms with Crippen molar-refractivity contribution in [2.45, 2.75) is 18.3 Å². The van der Waals surface area contributed by atoms with Crippen LogP contribution >= 0.6 is 11.8 Å². The topological polar surface area (TPSA) is 77.7 Å². The molecular weight excluding hydrogens is 508 g/mol. The fourth-order valence-electron chi connectivity index (χ4n) is 4.05. The van der Waals surface area contributed by atoms with Crippen LogP contribution in [0.25, 0.3) is 11.0 Å². The summed E-state index contributed by atoms with van der Waals surface area (Å²) in [6.45, 7) is 1.09. The molecule has 1 N–H and O–H groups in total. The summed E-state index contributed by atoms with van der Waals surface area (Å²) in [6, 6.07) is 33.6. The molecular formula is C31H28N4O3S. The van der Waals surface area contributed by atoms with Gasteiger partial charge in [-0.3, -0.25) is 4.79 Å². The lowest BCUT2D eigenvalue weighted by Gasteiger charge is -2.11. The molecule has 0 bridgehead atoms. The predicted octanol–water partition coefficient (Wildman–Crippen LogP) is 5.91. The third-order valence-corrected chi connectivity index (χ3v) is 6.94. The summed E-state index contributed by atoms with van der Waals surface area (Å²) in [5, 5.41) is 4.93. The first-order valence-corrected chi connectivity index (χ1v) is 13.5. The third kappa shape index (κ3) is 6.86. The van der Waals surface area contributed by atoms with Gasteiger partial charge in [0.25, 0.3) is 5.91 Å². The molecule has 5 rings (SSSR count). The monoisotopic (exact) mass is 536 g/mol. The molecule has 0 saturated carbocycles. The number of imidazole rings is 1. The van der Waals surface area contributed by atoms with Crippen molar-refractivity contribution in [1.29, 1.82) is 0 Å². The van der Waals surface area contributed by atoms with Crippen LogP contribution in [0.2, 0.25) is 0 Å². The normalized spacial score (nSPS) is 11.1. The lowest BCUT2D eigenvalue weighted by atomic mass is 10.2. The minimum atomic E-state index is -0.219. The van der Waals surface area contributed by atoms with Crippen LogP contribution in [0.15, 0.2) is 113 Å². The van der Waals surface area contributed by atoms with E-state index in [2.05, 4.69) is 27.2 Å². The summed E-state index contributed by atoms with van der Waals surface area (Å²) in [6.07, 6.45) is 1.59. The number of fused-ring (bicyclic) bond motifs is 1. The first-order valence-electron chi connectivity index (χ1n) is 12.5. The van der Waals surface area contributed by atoms with Crippen molar-refractivity contribution in [3.8, 4) is 11.5 Å². The molecule has 0 aliphatic heterocycles. The Kier molecular flexibility index (Phi) is 8.55. The standard InChI is InChI=1S/C31H28N4O3S/c1-37-28-17-16-25(18-29(28)38-21-24-12-6-3-7-13-24)19-32-34-30(36)22-39-31-33-26-14-8-9-15-27(26)35(31)20-23-10-4-2-5-11-23/h2-19H,20-22H2,1H3,(H,34,36)/b32-19-. The molecule has 0 radical (unpaired) electrons. The number of nitrogens with one attached hydrogen (secondary N) is 1. The van der Waals surface area contributed by atoms with Gasteiger partial charge >= 0.3 is 0 Å². The zero-order chi connectivity index (χ0) is 26.9. The molecule has 0 unspecified atom stereocenters. The van der Waals surface area contributed by atoms with Crippen LogP contribution in [0.3, 0.4) is 0 Å². The van der Waals surface area contributed by atoms with Crippen molar-refractivity contribution in [3.05, 3.63) is 120 Å². The third-order valence-electron chi connectivity index (χ3n) is 5.96. The Hall–Kier alpha value is -4.56. The summed E-state index contributed by atoms with van der Waals surface area (Å²) in [7, 11) is 1.60.